The number of likely N-dealkylation sites (N-methyl/N-ethyl adjacent to an activating group) is 1. The Morgan fingerprint density at radius 1 is 1.30 bits per heavy atom. The molecule has 0 radical (unpaired) electrons. The van der Waals surface area contributed by atoms with Gasteiger partial charge in [-0.15, -0.1) is 0 Å². The lowest BCUT2D eigenvalue weighted by Crippen LogP contribution is -2.42. The average Bonchev–Trinajstić information content (AvgIpc) is 2.48. The highest BCUT2D eigenvalue weighted by molar-refractivity contribution is 5.20. The first-order valence-electron chi connectivity index (χ1n) is 7.48. The van der Waals surface area contributed by atoms with E-state index in [2.05, 4.69) is 5.32 Å². The van der Waals surface area contributed by atoms with E-state index in [9.17, 15) is 8.78 Å². The second kappa shape index (κ2) is 7.14. The van der Waals surface area contributed by atoms with Gasteiger partial charge in [-0.25, -0.2) is 0 Å². The molecule has 1 N–H and O–H groups in total. The summed E-state index contributed by atoms with van der Waals surface area (Å²) in [6, 6.07) is 8.13. The average molecular weight is 282 g/mol. The molecule has 0 spiro atoms. The standard InChI is InChI=1S/C16H24F2N2/c1-2-20(12-14-7-6-10-19-11-14)13-16(17,18)15-8-4-3-5-9-15/h3-5,8-9,14,19H,2,6-7,10-13H2,1H3. The number of hydrogen-bond acceptors (Lipinski definition) is 2. The van der Waals surface area contributed by atoms with Gasteiger partial charge in [0.1, 0.15) is 0 Å². The third-order valence-electron chi connectivity index (χ3n) is 3.98. The Morgan fingerprint density at radius 3 is 2.65 bits per heavy atom. The van der Waals surface area contributed by atoms with E-state index in [1.807, 2.05) is 11.8 Å². The van der Waals surface area contributed by atoms with Crippen LogP contribution in [0.1, 0.15) is 25.3 Å². The first-order chi connectivity index (χ1) is 9.62. The van der Waals surface area contributed by atoms with Crippen LogP contribution in [0.4, 0.5) is 8.78 Å². The zero-order chi connectivity index (χ0) is 14.4. The summed E-state index contributed by atoms with van der Waals surface area (Å²) in [5, 5.41) is 3.34. The highest BCUT2D eigenvalue weighted by Gasteiger charge is 2.34. The minimum Gasteiger partial charge on any atom is -0.316 e. The van der Waals surface area contributed by atoms with Gasteiger partial charge in [0.15, 0.2) is 0 Å². The van der Waals surface area contributed by atoms with Gasteiger partial charge in [0.05, 0.1) is 6.54 Å². The summed E-state index contributed by atoms with van der Waals surface area (Å²) < 4.78 is 28.6. The maximum absolute atomic E-state index is 14.3. The number of piperidine rings is 1. The third-order valence-corrected chi connectivity index (χ3v) is 3.98. The van der Waals surface area contributed by atoms with Crippen molar-refractivity contribution in [3.8, 4) is 0 Å². The first kappa shape index (κ1) is 15.4. The van der Waals surface area contributed by atoms with Crippen LogP contribution in [0.25, 0.3) is 0 Å². The number of nitrogens with one attached hydrogen (secondary N) is 1. The van der Waals surface area contributed by atoms with Crippen molar-refractivity contribution < 1.29 is 8.78 Å². The van der Waals surface area contributed by atoms with E-state index >= 15 is 0 Å². The second-order valence-corrected chi connectivity index (χ2v) is 5.61. The molecule has 0 saturated carbocycles. The first-order valence-corrected chi connectivity index (χ1v) is 7.48. The van der Waals surface area contributed by atoms with Crippen LogP contribution < -0.4 is 5.32 Å². The van der Waals surface area contributed by atoms with Crippen molar-refractivity contribution >= 4 is 0 Å². The number of nitrogens with zero attached hydrogens (tertiary/aromatic N) is 1. The molecule has 112 valence electrons. The fourth-order valence-corrected chi connectivity index (χ4v) is 2.80. The molecule has 0 amide bonds. The van der Waals surface area contributed by atoms with E-state index in [4.69, 9.17) is 0 Å². The maximum Gasteiger partial charge on any atom is 0.285 e. The van der Waals surface area contributed by atoms with E-state index in [0.717, 1.165) is 32.5 Å². The number of halogens is 2. The van der Waals surface area contributed by atoms with Gasteiger partial charge in [-0.1, -0.05) is 37.3 Å². The zero-order valence-corrected chi connectivity index (χ0v) is 12.1. The predicted octanol–water partition coefficient (Wildman–Crippen LogP) is 3.10. The summed E-state index contributed by atoms with van der Waals surface area (Å²) in [5.41, 5.74) is 0.111. The fraction of sp³-hybridized carbons (Fsp3) is 0.625. The summed E-state index contributed by atoms with van der Waals surface area (Å²) in [5.74, 6) is -2.28. The highest BCUT2D eigenvalue weighted by Crippen LogP contribution is 2.29. The molecule has 1 fully saturated rings. The normalized spacial score (nSPS) is 20.3. The summed E-state index contributed by atoms with van der Waals surface area (Å²) in [6.07, 6.45) is 2.29. The molecular weight excluding hydrogens is 258 g/mol. The van der Waals surface area contributed by atoms with E-state index in [0.29, 0.717) is 12.5 Å². The maximum atomic E-state index is 14.3. The molecule has 0 aromatic heterocycles. The van der Waals surface area contributed by atoms with E-state index in [-0.39, 0.29) is 12.1 Å². The number of rotatable bonds is 6. The molecule has 20 heavy (non-hydrogen) atoms. The van der Waals surface area contributed by atoms with Gasteiger partial charge in [-0.3, -0.25) is 4.90 Å². The zero-order valence-electron chi connectivity index (χ0n) is 12.1. The van der Waals surface area contributed by atoms with Gasteiger partial charge in [0.2, 0.25) is 0 Å². The van der Waals surface area contributed by atoms with Crippen molar-refractivity contribution in [1.29, 1.82) is 0 Å². The summed E-state index contributed by atoms with van der Waals surface area (Å²) in [7, 11) is 0. The van der Waals surface area contributed by atoms with Crippen LogP contribution in [0.2, 0.25) is 0 Å². The Labute approximate surface area is 120 Å². The van der Waals surface area contributed by atoms with Crippen LogP contribution in [0.3, 0.4) is 0 Å². The van der Waals surface area contributed by atoms with E-state index < -0.39 is 5.92 Å². The van der Waals surface area contributed by atoms with Crippen molar-refractivity contribution in [1.82, 2.24) is 10.2 Å². The molecule has 0 aliphatic carbocycles. The number of alkyl halides is 2. The van der Waals surface area contributed by atoms with Crippen LogP contribution in [0, 0.1) is 5.92 Å². The molecule has 1 atom stereocenters. The topological polar surface area (TPSA) is 15.3 Å². The Morgan fingerprint density at radius 2 is 2.05 bits per heavy atom. The second-order valence-electron chi connectivity index (χ2n) is 5.61. The van der Waals surface area contributed by atoms with Crippen molar-refractivity contribution in [3.63, 3.8) is 0 Å². The molecular formula is C16H24F2N2. The molecule has 0 bridgehead atoms. The molecule has 1 aromatic carbocycles. The van der Waals surface area contributed by atoms with Crippen LogP contribution in [0.5, 0.6) is 0 Å². The summed E-state index contributed by atoms with van der Waals surface area (Å²) >= 11 is 0. The Bertz CT molecular complexity index is 389. The smallest absolute Gasteiger partial charge is 0.285 e. The van der Waals surface area contributed by atoms with Crippen molar-refractivity contribution in [3.05, 3.63) is 35.9 Å². The summed E-state index contributed by atoms with van der Waals surface area (Å²) in [4.78, 5) is 1.88. The van der Waals surface area contributed by atoms with Gasteiger partial charge in [-0.2, -0.15) is 8.78 Å². The third kappa shape index (κ3) is 4.25. The molecule has 2 rings (SSSR count). The molecule has 1 aliphatic heterocycles. The van der Waals surface area contributed by atoms with Crippen molar-refractivity contribution in [2.75, 3.05) is 32.7 Å². The summed E-state index contributed by atoms with van der Waals surface area (Å²) in [6.45, 7) is 5.20. The SMILES string of the molecule is CCN(CC1CCCNC1)CC(F)(F)c1ccccc1. The quantitative estimate of drug-likeness (QED) is 0.862. The fourth-order valence-electron chi connectivity index (χ4n) is 2.80. The minimum absolute atomic E-state index is 0.111. The van der Waals surface area contributed by atoms with Crippen LogP contribution in [-0.2, 0) is 5.92 Å². The lowest BCUT2D eigenvalue weighted by atomic mass is 9.98. The van der Waals surface area contributed by atoms with E-state index in [1.165, 1.54) is 12.1 Å². The Kier molecular flexibility index (Phi) is 5.49. The van der Waals surface area contributed by atoms with Gasteiger partial charge in [-0.05, 0) is 38.4 Å². The molecule has 2 nitrogen and oxygen atoms in total. The van der Waals surface area contributed by atoms with Gasteiger partial charge < -0.3 is 5.32 Å². The molecule has 1 saturated heterocycles. The molecule has 4 heteroatoms. The van der Waals surface area contributed by atoms with Crippen LogP contribution in [-0.4, -0.2) is 37.6 Å². The van der Waals surface area contributed by atoms with Crippen molar-refractivity contribution in [2.45, 2.75) is 25.7 Å². The Hall–Kier alpha value is -1.00. The van der Waals surface area contributed by atoms with Crippen LogP contribution in [0.15, 0.2) is 30.3 Å². The lowest BCUT2D eigenvalue weighted by molar-refractivity contribution is -0.0403. The van der Waals surface area contributed by atoms with Gasteiger partial charge >= 0.3 is 0 Å². The molecule has 1 aliphatic rings. The van der Waals surface area contributed by atoms with Crippen LogP contribution >= 0.6 is 0 Å². The van der Waals surface area contributed by atoms with Gasteiger partial charge in [0, 0.05) is 12.1 Å². The largest absolute Gasteiger partial charge is 0.316 e. The monoisotopic (exact) mass is 282 g/mol. The van der Waals surface area contributed by atoms with Crippen molar-refractivity contribution in [2.24, 2.45) is 5.92 Å². The minimum atomic E-state index is -2.78. The molecule has 1 aromatic rings. The van der Waals surface area contributed by atoms with Gasteiger partial charge in [0.25, 0.3) is 5.92 Å². The molecule has 1 heterocycles. The highest BCUT2D eigenvalue weighted by atomic mass is 19.3. The lowest BCUT2D eigenvalue weighted by Gasteiger charge is -2.31. The predicted molar refractivity (Wildman–Crippen MR) is 78.0 cm³/mol. The van der Waals surface area contributed by atoms with E-state index in [1.54, 1.807) is 18.2 Å². The Balaban J connectivity index is 1.94. The number of benzene rings is 1. The molecule has 1 unspecified atom stereocenters. The number of hydrogen-bond donors (Lipinski definition) is 1.